The average molecular weight is 226 g/mol. The summed E-state index contributed by atoms with van der Waals surface area (Å²) in [5.41, 5.74) is 0.615. The third-order valence-electron chi connectivity index (χ3n) is 2.40. The number of aliphatic hydroxyl groups excluding tert-OH is 1. The molecule has 0 atom stereocenters. The normalized spacial score (nSPS) is 10.8. The van der Waals surface area contributed by atoms with E-state index in [4.69, 9.17) is 9.84 Å². The summed E-state index contributed by atoms with van der Waals surface area (Å²) in [7, 11) is 0. The van der Waals surface area contributed by atoms with Gasteiger partial charge in [0.05, 0.1) is 6.61 Å². The van der Waals surface area contributed by atoms with Gasteiger partial charge in [-0.15, -0.1) is 0 Å². The minimum absolute atomic E-state index is 0.0554. The SMILES string of the molecule is CC(C)CCc1c(F)cccc1OCCO. The van der Waals surface area contributed by atoms with Crippen LogP contribution in [0.2, 0.25) is 0 Å². The summed E-state index contributed by atoms with van der Waals surface area (Å²) in [5.74, 6) is 0.857. The Morgan fingerprint density at radius 1 is 1.38 bits per heavy atom. The lowest BCUT2D eigenvalue weighted by atomic mass is 10.0. The van der Waals surface area contributed by atoms with E-state index in [9.17, 15) is 4.39 Å². The molecule has 0 aliphatic rings. The summed E-state index contributed by atoms with van der Waals surface area (Å²) < 4.78 is 18.9. The molecule has 0 saturated carbocycles. The molecular formula is C13H19FO2. The third-order valence-corrected chi connectivity index (χ3v) is 2.40. The van der Waals surface area contributed by atoms with Crippen LogP contribution in [0.3, 0.4) is 0 Å². The molecule has 0 unspecified atom stereocenters. The van der Waals surface area contributed by atoms with Gasteiger partial charge in [-0.3, -0.25) is 0 Å². The largest absolute Gasteiger partial charge is 0.491 e. The number of rotatable bonds is 6. The summed E-state index contributed by atoms with van der Waals surface area (Å²) in [6.45, 7) is 4.36. The number of ether oxygens (including phenoxy) is 1. The van der Waals surface area contributed by atoms with Gasteiger partial charge in [-0.25, -0.2) is 4.39 Å². The maximum Gasteiger partial charge on any atom is 0.130 e. The van der Waals surface area contributed by atoms with Crippen molar-refractivity contribution in [1.29, 1.82) is 0 Å². The Bertz CT molecular complexity index is 324. The van der Waals surface area contributed by atoms with Crippen LogP contribution in [-0.2, 0) is 6.42 Å². The molecule has 0 fully saturated rings. The molecule has 90 valence electrons. The summed E-state index contributed by atoms with van der Waals surface area (Å²) in [4.78, 5) is 0. The zero-order valence-electron chi connectivity index (χ0n) is 9.87. The lowest BCUT2D eigenvalue weighted by Crippen LogP contribution is -2.06. The minimum atomic E-state index is -0.226. The zero-order chi connectivity index (χ0) is 12.0. The van der Waals surface area contributed by atoms with Crippen molar-refractivity contribution in [1.82, 2.24) is 0 Å². The highest BCUT2D eigenvalue weighted by Gasteiger charge is 2.10. The quantitative estimate of drug-likeness (QED) is 0.808. The van der Waals surface area contributed by atoms with E-state index in [0.717, 1.165) is 6.42 Å². The third kappa shape index (κ3) is 3.81. The van der Waals surface area contributed by atoms with Gasteiger partial charge >= 0.3 is 0 Å². The van der Waals surface area contributed by atoms with Crippen molar-refractivity contribution in [3.05, 3.63) is 29.6 Å². The lowest BCUT2D eigenvalue weighted by Gasteiger charge is -2.12. The van der Waals surface area contributed by atoms with Crippen LogP contribution < -0.4 is 4.74 Å². The van der Waals surface area contributed by atoms with Gasteiger partial charge in [0, 0.05) is 5.56 Å². The van der Waals surface area contributed by atoms with E-state index in [2.05, 4.69) is 13.8 Å². The molecule has 1 aromatic carbocycles. The summed E-state index contributed by atoms with van der Waals surface area (Å²) in [5, 5.41) is 8.69. The zero-order valence-corrected chi connectivity index (χ0v) is 9.87. The second-order valence-corrected chi connectivity index (χ2v) is 4.22. The highest BCUT2D eigenvalue weighted by Crippen LogP contribution is 2.24. The molecule has 0 amide bonds. The fourth-order valence-corrected chi connectivity index (χ4v) is 1.51. The number of hydrogen-bond acceptors (Lipinski definition) is 2. The van der Waals surface area contributed by atoms with E-state index in [1.165, 1.54) is 6.07 Å². The van der Waals surface area contributed by atoms with Crippen molar-refractivity contribution in [3.63, 3.8) is 0 Å². The van der Waals surface area contributed by atoms with Gasteiger partial charge in [-0.1, -0.05) is 19.9 Å². The molecule has 16 heavy (non-hydrogen) atoms. The van der Waals surface area contributed by atoms with Gasteiger partial charge in [0.2, 0.25) is 0 Å². The second-order valence-electron chi connectivity index (χ2n) is 4.22. The molecule has 1 aromatic rings. The predicted molar refractivity (Wildman–Crippen MR) is 62.1 cm³/mol. The van der Waals surface area contributed by atoms with Crippen LogP contribution in [0.4, 0.5) is 4.39 Å². The average Bonchev–Trinajstić information content (AvgIpc) is 2.24. The molecule has 0 aromatic heterocycles. The second kappa shape index (κ2) is 6.48. The van der Waals surface area contributed by atoms with Crippen LogP contribution in [0.25, 0.3) is 0 Å². The molecule has 0 radical (unpaired) electrons. The summed E-state index contributed by atoms with van der Waals surface area (Å²) >= 11 is 0. The van der Waals surface area contributed by atoms with Gasteiger partial charge in [0.1, 0.15) is 18.2 Å². The molecule has 1 rings (SSSR count). The Hall–Kier alpha value is -1.09. The van der Waals surface area contributed by atoms with E-state index in [0.29, 0.717) is 23.7 Å². The van der Waals surface area contributed by atoms with Crippen LogP contribution in [0.15, 0.2) is 18.2 Å². The molecule has 0 aliphatic heterocycles. The standard InChI is InChI=1S/C13H19FO2/c1-10(2)6-7-11-12(14)4-3-5-13(11)16-9-8-15/h3-5,10,15H,6-9H2,1-2H3. The fraction of sp³-hybridized carbons (Fsp3) is 0.538. The van der Waals surface area contributed by atoms with Crippen molar-refractivity contribution in [3.8, 4) is 5.75 Å². The number of benzene rings is 1. The Balaban J connectivity index is 2.77. The molecular weight excluding hydrogens is 207 g/mol. The minimum Gasteiger partial charge on any atom is -0.491 e. The van der Waals surface area contributed by atoms with E-state index < -0.39 is 0 Å². The number of hydrogen-bond donors (Lipinski definition) is 1. The fourth-order valence-electron chi connectivity index (χ4n) is 1.51. The van der Waals surface area contributed by atoms with Crippen LogP contribution >= 0.6 is 0 Å². The lowest BCUT2D eigenvalue weighted by molar-refractivity contribution is 0.199. The van der Waals surface area contributed by atoms with Crippen LogP contribution in [-0.4, -0.2) is 18.3 Å². The van der Waals surface area contributed by atoms with E-state index in [1.807, 2.05) is 0 Å². The Morgan fingerprint density at radius 3 is 2.75 bits per heavy atom. The Morgan fingerprint density at radius 2 is 2.12 bits per heavy atom. The Labute approximate surface area is 96.1 Å². The van der Waals surface area contributed by atoms with E-state index in [1.54, 1.807) is 12.1 Å². The predicted octanol–water partition coefficient (Wildman–Crippen LogP) is 2.79. The molecule has 0 aliphatic carbocycles. The van der Waals surface area contributed by atoms with Gasteiger partial charge in [-0.05, 0) is 30.9 Å². The van der Waals surface area contributed by atoms with Crippen LogP contribution in [0.5, 0.6) is 5.75 Å². The molecule has 1 N–H and O–H groups in total. The van der Waals surface area contributed by atoms with Crippen molar-refractivity contribution >= 4 is 0 Å². The first-order valence-corrected chi connectivity index (χ1v) is 5.66. The van der Waals surface area contributed by atoms with Gasteiger partial charge in [0.15, 0.2) is 0 Å². The molecule has 3 heteroatoms. The molecule has 2 nitrogen and oxygen atoms in total. The van der Waals surface area contributed by atoms with Crippen LogP contribution in [0, 0.1) is 11.7 Å². The summed E-state index contributed by atoms with van der Waals surface area (Å²) in [6, 6.07) is 4.82. The molecule has 0 spiro atoms. The monoisotopic (exact) mass is 226 g/mol. The Kier molecular flexibility index (Phi) is 5.26. The highest BCUT2D eigenvalue weighted by atomic mass is 19.1. The van der Waals surface area contributed by atoms with Gasteiger partial charge < -0.3 is 9.84 Å². The number of aliphatic hydroxyl groups is 1. The van der Waals surface area contributed by atoms with Gasteiger partial charge in [0.25, 0.3) is 0 Å². The molecule has 0 saturated heterocycles. The maximum atomic E-state index is 13.6. The molecule has 0 heterocycles. The highest BCUT2D eigenvalue weighted by molar-refractivity contribution is 5.34. The van der Waals surface area contributed by atoms with E-state index in [-0.39, 0.29) is 19.0 Å². The van der Waals surface area contributed by atoms with Crippen LogP contribution in [0.1, 0.15) is 25.8 Å². The molecule has 0 bridgehead atoms. The van der Waals surface area contributed by atoms with Crippen molar-refractivity contribution in [2.24, 2.45) is 5.92 Å². The topological polar surface area (TPSA) is 29.5 Å². The van der Waals surface area contributed by atoms with Crippen molar-refractivity contribution in [2.45, 2.75) is 26.7 Å². The van der Waals surface area contributed by atoms with Crippen molar-refractivity contribution in [2.75, 3.05) is 13.2 Å². The number of halogens is 1. The van der Waals surface area contributed by atoms with Crippen molar-refractivity contribution < 1.29 is 14.2 Å². The van der Waals surface area contributed by atoms with Gasteiger partial charge in [-0.2, -0.15) is 0 Å². The summed E-state index contributed by atoms with van der Waals surface area (Å²) in [6.07, 6.45) is 1.60. The first-order valence-electron chi connectivity index (χ1n) is 5.66. The smallest absolute Gasteiger partial charge is 0.130 e. The van der Waals surface area contributed by atoms with E-state index >= 15 is 0 Å². The first kappa shape index (κ1) is 13.0. The maximum absolute atomic E-state index is 13.6. The first-order chi connectivity index (χ1) is 7.65.